The average molecular weight is 195 g/mol. The minimum atomic E-state index is 0.409. The number of hydrogen-bond donors (Lipinski definition) is 0. The van der Waals surface area contributed by atoms with E-state index >= 15 is 0 Å². The van der Waals surface area contributed by atoms with Crippen molar-refractivity contribution >= 4 is 5.91 Å². The van der Waals surface area contributed by atoms with Crippen LogP contribution in [0.15, 0.2) is 0 Å². The van der Waals surface area contributed by atoms with Crippen molar-refractivity contribution in [3.05, 3.63) is 0 Å². The summed E-state index contributed by atoms with van der Waals surface area (Å²) in [7, 11) is 0. The van der Waals surface area contributed by atoms with Crippen molar-refractivity contribution in [1.29, 1.82) is 0 Å². The molecule has 2 heteroatoms. The molecule has 2 heterocycles. The van der Waals surface area contributed by atoms with Gasteiger partial charge in [-0.05, 0) is 37.5 Å². The Kier molecular flexibility index (Phi) is 2.80. The van der Waals surface area contributed by atoms with Crippen molar-refractivity contribution in [2.75, 3.05) is 6.54 Å². The lowest BCUT2D eigenvalue weighted by Crippen LogP contribution is -2.42. The molecule has 0 saturated carbocycles. The number of fused-ring (bicyclic) bond motifs is 1. The maximum absolute atomic E-state index is 11.8. The van der Waals surface area contributed by atoms with Gasteiger partial charge in [-0.1, -0.05) is 13.8 Å². The summed E-state index contributed by atoms with van der Waals surface area (Å²) in [4.78, 5) is 14.0. The predicted octanol–water partition coefficient (Wildman–Crippen LogP) is 2.43. The summed E-state index contributed by atoms with van der Waals surface area (Å²) >= 11 is 0. The molecule has 0 radical (unpaired) electrons. The number of amides is 1. The van der Waals surface area contributed by atoms with Crippen LogP contribution in [0.5, 0.6) is 0 Å². The fraction of sp³-hybridized carbons (Fsp3) is 0.917. The highest BCUT2D eigenvalue weighted by Crippen LogP contribution is 2.33. The van der Waals surface area contributed by atoms with Crippen LogP contribution < -0.4 is 0 Å². The highest BCUT2D eigenvalue weighted by Gasteiger charge is 2.35. The molecule has 2 nitrogen and oxygen atoms in total. The second-order valence-corrected chi connectivity index (χ2v) is 5.03. The second-order valence-electron chi connectivity index (χ2n) is 5.03. The molecule has 0 spiro atoms. The summed E-state index contributed by atoms with van der Waals surface area (Å²) in [5.41, 5.74) is 0. The Morgan fingerprint density at radius 2 is 2.00 bits per heavy atom. The summed E-state index contributed by atoms with van der Waals surface area (Å²) in [5, 5.41) is 0. The average Bonchev–Trinajstić information content (AvgIpc) is 2.63. The maximum atomic E-state index is 11.8. The van der Waals surface area contributed by atoms with Crippen molar-refractivity contribution in [3.8, 4) is 0 Å². The molecule has 0 N–H and O–H groups in total. The topological polar surface area (TPSA) is 20.3 Å². The molecule has 2 saturated heterocycles. The van der Waals surface area contributed by atoms with Gasteiger partial charge in [0, 0.05) is 19.0 Å². The van der Waals surface area contributed by atoms with E-state index in [0.717, 1.165) is 25.3 Å². The SMILES string of the molecule is CC1[C@H](C)CCCC(=O)N2CCC[C@H]12. The van der Waals surface area contributed by atoms with Gasteiger partial charge in [-0.15, -0.1) is 0 Å². The Morgan fingerprint density at radius 3 is 2.79 bits per heavy atom. The minimum Gasteiger partial charge on any atom is -0.339 e. The van der Waals surface area contributed by atoms with E-state index in [1.54, 1.807) is 0 Å². The lowest BCUT2D eigenvalue weighted by atomic mass is 9.83. The van der Waals surface area contributed by atoms with E-state index in [-0.39, 0.29) is 0 Å². The molecule has 2 rings (SSSR count). The summed E-state index contributed by atoms with van der Waals surface area (Å²) in [6.07, 6.45) is 5.56. The quantitative estimate of drug-likeness (QED) is 0.581. The van der Waals surface area contributed by atoms with Crippen LogP contribution in [0.4, 0.5) is 0 Å². The van der Waals surface area contributed by atoms with E-state index in [1.807, 2.05) is 0 Å². The number of hydrogen-bond acceptors (Lipinski definition) is 1. The van der Waals surface area contributed by atoms with Gasteiger partial charge in [0.15, 0.2) is 0 Å². The fourth-order valence-electron chi connectivity index (χ4n) is 3.01. The largest absolute Gasteiger partial charge is 0.339 e. The molecule has 2 aliphatic heterocycles. The van der Waals surface area contributed by atoms with Crippen LogP contribution in [0, 0.1) is 11.8 Å². The Labute approximate surface area is 86.7 Å². The first-order valence-corrected chi connectivity index (χ1v) is 5.99. The number of nitrogens with zero attached hydrogens (tertiary/aromatic N) is 1. The van der Waals surface area contributed by atoms with Gasteiger partial charge in [-0.2, -0.15) is 0 Å². The van der Waals surface area contributed by atoms with Crippen molar-refractivity contribution < 1.29 is 4.79 Å². The van der Waals surface area contributed by atoms with E-state index in [9.17, 15) is 4.79 Å². The van der Waals surface area contributed by atoms with Crippen molar-refractivity contribution in [2.24, 2.45) is 11.8 Å². The van der Waals surface area contributed by atoms with Gasteiger partial charge in [-0.3, -0.25) is 4.79 Å². The summed E-state index contributed by atoms with van der Waals surface area (Å²) in [6.45, 7) is 5.68. The van der Waals surface area contributed by atoms with E-state index < -0.39 is 0 Å². The molecule has 0 aromatic rings. The van der Waals surface area contributed by atoms with Crippen LogP contribution in [0.1, 0.15) is 46.0 Å². The lowest BCUT2D eigenvalue weighted by molar-refractivity contribution is -0.134. The monoisotopic (exact) mass is 195 g/mol. The van der Waals surface area contributed by atoms with E-state index in [1.165, 1.54) is 19.3 Å². The number of carbonyl (C=O) groups is 1. The van der Waals surface area contributed by atoms with Gasteiger partial charge in [0.25, 0.3) is 0 Å². The molecular formula is C12H21NO. The second kappa shape index (κ2) is 3.92. The molecule has 80 valence electrons. The van der Waals surface area contributed by atoms with Crippen LogP contribution >= 0.6 is 0 Å². The van der Waals surface area contributed by atoms with Gasteiger partial charge in [0.1, 0.15) is 0 Å². The van der Waals surface area contributed by atoms with Crippen LogP contribution in [-0.4, -0.2) is 23.4 Å². The van der Waals surface area contributed by atoms with E-state index in [4.69, 9.17) is 0 Å². The first-order valence-electron chi connectivity index (χ1n) is 5.99. The van der Waals surface area contributed by atoms with E-state index in [0.29, 0.717) is 17.9 Å². The van der Waals surface area contributed by atoms with E-state index in [2.05, 4.69) is 18.7 Å². The molecule has 3 atom stereocenters. The zero-order chi connectivity index (χ0) is 10.1. The van der Waals surface area contributed by atoms with Crippen molar-refractivity contribution in [1.82, 2.24) is 4.90 Å². The molecule has 0 aromatic carbocycles. The van der Waals surface area contributed by atoms with Gasteiger partial charge in [0.05, 0.1) is 0 Å². The minimum absolute atomic E-state index is 0.409. The zero-order valence-corrected chi connectivity index (χ0v) is 9.33. The van der Waals surface area contributed by atoms with Gasteiger partial charge >= 0.3 is 0 Å². The molecule has 0 bridgehead atoms. The third-order valence-electron chi connectivity index (χ3n) is 4.17. The number of carbonyl (C=O) groups excluding carboxylic acids is 1. The first kappa shape index (κ1) is 10.0. The standard InChI is InChI=1S/C12H21NO/c1-9-5-3-7-12(14)13-8-4-6-11(13)10(9)2/h9-11H,3-8H2,1-2H3/t9-,10?,11-/m1/s1. The van der Waals surface area contributed by atoms with Gasteiger partial charge in [0.2, 0.25) is 5.91 Å². The summed E-state index contributed by atoms with van der Waals surface area (Å²) in [6, 6.07) is 0.554. The molecule has 2 fully saturated rings. The van der Waals surface area contributed by atoms with Gasteiger partial charge in [-0.25, -0.2) is 0 Å². The summed E-state index contributed by atoms with van der Waals surface area (Å²) < 4.78 is 0. The molecule has 1 amide bonds. The van der Waals surface area contributed by atoms with Crippen LogP contribution in [-0.2, 0) is 4.79 Å². The molecular weight excluding hydrogens is 174 g/mol. The third-order valence-corrected chi connectivity index (χ3v) is 4.17. The molecule has 0 aliphatic carbocycles. The Morgan fingerprint density at radius 1 is 1.21 bits per heavy atom. The van der Waals surface area contributed by atoms with Crippen LogP contribution in [0.25, 0.3) is 0 Å². The van der Waals surface area contributed by atoms with Crippen molar-refractivity contribution in [2.45, 2.75) is 52.0 Å². The van der Waals surface area contributed by atoms with Crippen LogP contribution in [0.2, 0.25) is 0 Å². The fourth-order valence-corrected chi connectivity index (χ4v) is 3.01. The van der Waals surface area contributed by atoms with Crippen molar-refractivity contribution in [3.63, 3.8) is 0 Å². The smallest absolute Gasteiger partial charge is 0.222 e. The molecule has 2 aliphatic rings. The third kappa shape index (κ3) is 1.67. The Balaban J connectivity index is 2.14. The maximum Gasteiger partial charge on any atom is 0.222 e. The Bertz CT molecular complexity index is 226. The highest BCUT2D eigenvalue weighted by molar-refractivity contribution is 5.76. The first-order chi connectivity index (χ1) is 6.70. The predicted molar refractivity (Wildman–Crippen MR) is 56.9 cm³/mol. The lowest BCUT2D eigenvalue weighted by Gasteiger charge is -2.35. The highest BCUT2D eigenvalue weighted by atomic mass is 16.2. The zero-order valence-electron chi connectivity index (χ0n) is 9.33. The number of rotatable bonds is 0. The molecule has 14 heavy (non-hydrogen) atoms. The van der Waals surface area contributed by atoms with Crippen LogP contribution in [0.3, 0.4) is 0 Å². The molecule has 1 unspecified atom stereocenters. The normalized spacial score (nSPS) is 39.1. The summed E-state index contributed by atoms with van der Waals surface area (Å²) in [5.74, 6) is 1.89. The van der Waals surface area contributed by atoms with Gasteiger partial charge < -0.3 is 4.90 Å². The Hall–Kier alpha value is -0.530. The molecule has 0 aromatic heterocycles.